The average Bonchev–Trinajstić information content (AvgIpc) is 3.18. The molecule has 0 radical (unpaired) electrons. The number of aryl methyl sites for hydroxylation is 1. The van der Waals surface area contributed by atoms with Crippen LogP contribution in [0.4, 0.5) is 0 Å². The summed E-state index contributed by atoms with van der Waals surface area (Å²) in [6.07, 6.45) is 3.64. The van der Waals surface area contributed by atoms with Crippen molar-refractivity contribution < 1.29 is 4.79 Å². The zero-order valence-corrected chi connectivity index (χ0v) is 18.6. The molecule has 0 aliphatic carbocycles. The summed E-state index contributed by atoms with van der Waals surface area (Å²) in [5, 5.41) is 0. The van der Waals surface area contributed by atoms with Crippen molar-refractivity contribution in [1.82, 2.24) is 9.47 Å². The number of nitrogens with zero attached hydrogens (tertiary/aromatic N) is 2. The Hall–Kier alpha value is -2.89. The predicted octanol–water partition coefficient (Wildman–Crippen LogP) is 6.15. The van der Waals surface area contributed by atoms with Crippen LogP contribution in [0.5, 0.6) is 0 Å². The first-order valence-corrected chi connectivity index (χ1v) is 10.9. The lowest BCUT2D eigenvalue weighted by atomic mass is 10.1. The molecular formula is C25H22N2OS2. The zero-order chi connectivity index (χ0) is 21.3. The molecule has 1 amide bonds. The third kappa shape index (κ3) is 3.78. The number of hydrogen-bond donors (Lipinski definition) is 0. The number of benzene rings is 2. The Morgan fingerprint density at radius 3 is 2.37 bits per heavy atom. The molecule has 1 aliphatic rings. The minimum absolute atomic E-state index is 0.0538. The summed E-state index contributed by atoms with van der Waals surface area (Å²) < 4.78 is 2.79. The van der Waals surface area contributed by atoms with Crippen molar-refractivity contribution in [2.45, 2.75) is 13.8 Å². The van der Waals surface area contributed by atoms with Crippen LogP contribution < -0.4 is 0 Å². The van der Waals surface area contributed by atoms with Gasteiger partial charge in [0.25, 0.3) is 5.91 Å². The smallest absolute Gasteiger partial charge is 0.266 e. The van der Waals surface area contributed by atoms with E-state index in [0.717, 1.165) is 22.6 Å². The Labute approximate surface area is 186 Å². The molecule has 2 heterocycles. The largest absolute Gasteiger partial charge is 0.318 e. The zero-order valence-electron chi connectivity index (χ0n) is 17.0. The van der Waals surface area contributed by atoms with Gasteiger partial charge in [-0.15, -0.1) is 6.58 Å². The first kappa shape index (κ1) is 20.4. The van der Waals surface area contributed by atoms with E-state index in [1.165, 1.54) is 22.9 Å². The lowest BCUT2D eigenvalue weighted by molar-refractivity contribution is -0.121. The van der Waals surface area contributed by atoms with Crippen molar-refractivity contribution in [2.75, 3.05) is 6.54 Å². The summed E-state index contributed by atoms with van der Waals surface area (Å²) in [4.78, 5) is 14.9. The molecule has 4 rings (SSSR count). The van der Waals surface area contributed by atoms with E-state index in [2.05, 4.69) is 67.5 Å². The van der Waals surface area contributed by atoms with E-state index in [9.17, 15) is 4.79 Å². The van der Waals surface area contributed by atoms with Crippen LogP contribution in [-0.2, 0) is 4.79 Å². The van der Waals surface area contributed by atoms with Crippen molar-refractivity contribution in [3.8, 4) is 16.8 Å². The topological polar surface area (TPSA) is 25.2 Å². The maximum absolute atomic E-state index is 12.7. The Morgan fingerprint density at radius 2 is 1.70 bits per heavy atom. The second kappa shape index (κ2) is 8.46. The van der Waals surface area contributed by atoms with Crippen molar-refractivity contribution in [2.24, 2.45) is 0 Å². The van der Waals surface area contributed by atoms with E-state index in [1.54, 1.807) is 11.0 Å². The molecule has 5 heteroatoms. The van der Waals surface area contributed by atoms with E-state index >= 15 is 0 Å². The highest BCUT2D eigenvalue weighted by atomic mass is 32.2. The van der Waals surface area contributed by atoms with Crippen LogP contribution in [0.15, 0.2) is 78.2 Å². The summed E-state index contributed by atoms with van der Waals surface area (Å²) >= 11 is 6.69. The van der Waals surface area contributed by atoms with Gasteiger partial charge < -0.3 is 4.57 Å². The van der Waals surface area contributed by atoms with Crippen LogP contribution in [0.25, 0.3) is 22.9 Å². The quantitative estimate of drug-likeness (QED) is 0.276. The maximum atomic E-state index is 12.7. The highest BCUT2D eigenvalue weighted by Crippen LogP contribution is 2.34. The van der Waals surface area contributed by atoms with Crippen LogP contribution in [0.3, 0.4) is 0 Å². The van der Waals surface area contributed by atoms with Crippen LogP contribution in [0.2, 0.25) is 0 Å². The molecule has 0 unspecified atom stereocenters. The van der Waals surface area contributed by atoms with Crippen LogP contribution in [0.1, 0.15) is 17.0 Å². The number of carbonyl (C=O) groups excluding carboxylic acids is 1. The first-order valence-electron chi connectivity index (χ1n) is 9.70. The van der Waals surface area contributed by atoms with Crippen molar-refractivity contribution in [3.05, 3.63) is 95.2 Å². The van der Waals surface area contributed by atoms with E-state index in [0.29, 0.717) is 15.8 Å². The van der Waals surface area contributed by atoms with Crippen molar-refractivity contribution in [3.63, 3.8) is 0 Å². The molecule has 2 aromatic carbocycles. The van der Waals surface area contributed by atoms with Gasteiger partial charge in [0.2, 0.25) is 0 Å². The Bertz CT molecular complexity index is 1160. The van der Waals surface area contributed by atoms with Gasteiger partial charge in [-0.2, -0.15) is 0 Å². The van der Waals surface area contributed by atoms with E-state index in [4.69, 9.17) is 12.2 Å². The third-order valence-electron chi connectivity index (χ3n) is 5.17. The van der Waals surface area contributed by atoms with Gasteiger partial charge in [0, 0.05) is 23.6 Å². The van der Waals surface area contributed by atoms with E-state index in [-0.39, 0.29) is 5.91 Å². The van der Waals surface area contributed by atoms with Crippen LogP contribution >= 0.6 is 24.0 Å². The lowest BCUT2D eigenvalue weighted by Crippen LogP contribution is -2.27. The fraction of sp³-hybridized carbons (Fsp3) is 0.120. The van der Waals surface area contributed by atoms with E-state index < -0.39 is 0 Å². The number of rotatable bonds is 5. The second-order valence-corrected chi connectivity index (χ2v) is 8.83. The normalized spacial score (nSPS) is 15.3. The van der Waals surface area contributed by atoms with Gasteiger partial charge in [0.1, 0.15) is 4.32 Å². The predicted molar refractivity (Wildman–Crippen MR) is 131 cm³/mol. The molecule has 1 fully saturated rings. The van der Waals surface area contributed by atoms with Crippen molar-refractivity contribution in [1.29, 1.82) is 0 Å². The molecule has 0 atom stereocenters. The minimum Gasteiger partial charge on any atom is -0.318 e. The number of aromatic nitrogens is 1. The molecule has 3 aromatic rings. The Kier molecular flexibility index (Phi) is 5.75. The Balaban J connectivity index is 1.66. The van der Waals surface area contributed by atoms with E-state index in [1.807, 2.05) is 24.3 Å². The SMILES string of the molecule is C=CCN1C(=O)/C(=C/c2cc(C)n(-c3ccc(-c4ccccc4)cc3)c2C)SC1=S. The van der Waals surface area contributed by atoms with Gasteiger partial charge >= 0.3 is 0 Å². The second-order valence-electron chi connectivity index (χ2n) is 7.16. The van der Waals surface area contributed by atoms with Gasteiger partial charge in [-0.1, -0.05) is 72.5 Å². The summed E-state index contributed by atoms with van der Waals surface area (Å²) in [5.74, 6) is -0.0538. The molecule has 0 spiro atoms. The van der Waals surface area contributed by atoms with Gasteiger partial charge in [0.15, 0.2) is 0 Å². The summed E-state index contributed by atoms with van der Waals surface area (Å²) in [6.45, 7) is 8.30. The number of hydrogen-bond acceptors (Lipinski definition) is 3. The molecule has 1 aromatic heterocycles. The lowest BCUT2D eigenvalue weighted by Gasteiger charge is -2.11. The molecule has 1 saturated heterocycles. The average molecular weight is 431 g/mol. The fourth-order valence-corrected chi connectivity index (χ4v) is 4.96. The standard InChI is InChI=1S/C25H22N2OS2/c1-4-14-26-24(28)23(30-25(26)29)16-21-15-17(2)27(18(21)3)22-12-10-20(11-13-22)19-8-6-5-7-9-19/h4-13,15-16H,1,14H2,2-3H3/b23-16-. The van der Waals surface area contributed by atoms with Crippen molar-refractivity contribution >= 4 is 40.3 Å². The minimum atomic E-state index is -0.0538. The maximum Gasteiger partial charge on any atom is 0.266 e. The summed E-state index contributed by atoms with van der Waals surface area (Å²) in [5.41, 5.74) is 6.73. The number of carbonyl (C=O) groups is 1. The molecule has 0 bridgehead atoms. The molecule has 1 aliphatic heterocycles. The van der Waals surface area contributed by atoms with Gasteiger partial charge in [-0.05, 0) is 54.8 Å². The molecular weight excluding hydrogens is 408 g/mol. The van der Waals surface area contributed by atoms with Crippen LogP contribution in [-0.4, -0.2) is 26.2 Å². The number of amides is 1. The molecule has 30 heavy (non-hydrogen) atoms. The monoisotopic (exact) mass is 430 g/mol. The molecule has 150 valence electrons. The summed E-state index contributed by atoms with van der Waals surface area (Å²) in [7, 11) is 0. The van der Waals surface area contributed by atoms with Gasteiger partial charge in [-0.3, -0.25) is 9.69 Å². The Morgan fingerprint density at radius 1 is 1.03 bits per heavy atom. The molecule has 0 saturated carbocycles. The number of thioether (sulfide) groups is 1. The molecule has 0 N–H and O–H groups in total. The number of thiocarbonyl (C=S) groups is 1. The highest BCUT2D eigenvalue weighted by Gasteiger charge is 2.31. The highest BCUT2D eigenvalue weighted by molar-refractivity contribution is 8.26. The van der Waals surface area contributed by atoms with Gasteiger partial charge in [0.05, 0.1) is 4.91 Å². The third-order valence-corrected chi connectivity index (χ3v) is 6.55. The molecule has 3 nitrogen and oxygen atoms in total. The van der Waals surface area contributed by atoms with Gasteiger partial charge in [-0.25, -0.2) is 0 Å². The fourth-order valence-electron chi connectivity index (χ4n) is 3.69. The first-order chi connectivity index (χ1) is 14.5. The van der Waals surface area contributed by atoms with Crippen LogP contribution in [0, 0.1) is 13.8 Å². The summed E-state index contributed by atoms with van der Waals surface area (Å²) in [6, 6.07) is 21.0.